The van der Waals surface area contributed by atoms with Gasteiger partial charge in [-0.2, -0.15) is 0 Å². The zero-order valence-corrected chi connectivity index (χ0v) is 10.1. The van der Waals surface area contributed by atoms with Gasteiger partial charge in [-0.1, -0.05) is 6.92 Å². The molecule has 1 aromatic heterocycles. The first-order valence-electron chi connectivity index (χ1n) is 6.47. The average Bonchev–Trinajstić information content (AvgIpc) is 2.74. The fraction of sp³-hybridized carbons (Fsp3) is 0.769. The van der Waals surface area contributed by atoms with Gasteiger partial charge < -0.3 is 9.73 Å². The minimum Gasteiger partial charge on any atom is -0.444 e. The number of rotatable bonds is 4. The Morgan fingerprint density at radius 3 is 2.88 bits per heavy atom. The molecule has 88 valence electrons. The monoisotopic (exact) mass is 220 g/mol. The third-order valence-corrected chi connectivity index (χ3v) is 4.07. The van der Waals surface area contributed by atoms with Gasteiger partial charge in [0.05, 0.1) is 12.2 Å². The number of hydrogen-bond acceptors (Lipinski definition) is 3. The van der Waals surface area contributed by atoms with Crippen LogP contribution in [0.5, 0.6) is 0 Å². The molecule has 0 saturated heterocycles. The standard InChI is InChI=1S/C13H20N2O/c1-3-14-8(2)13-15-7-12(16-13)11-5-9-4-10(9)6-11/h7-11,14H,3-6H2,1-2H3. The van der Waals surface area contributed by atoms with Gasteiger partial charge in [-0.25, -0.2) is 4.98 Å². The minimum atomic E-state index is 0.231. The Hall–Kier alpha value is -0.830. The molecule has 0 spiro atoms. The highest BCUT2D eigenvalue weighted by Gasteiger charge is 2.47. The Kier molecular flexibility index (Phi) is 2.51. The molecule has 3 atom stereocenters. The highest BCUT2D eigenvalue weighted by Crippen LogP contribution is 2.57. The number of hydrogen-bond donors (Lipinski definition) is 1. The zero-order valence-electron chi connectivity index (χ0n) is 10.1. The highest BCUT2D eigenvalue weighted by molar-refractivity contribution is 5.11. The summed E-state index contributed by atoms with van der Waals surface area (Å²) in [6, 6.07) is 0.231. The largest absolute Gasteiger partial charge is 0.444 e. The summed E-state index contributed by atoms with van der Waals surface area (Å²) in [5, 5.41) is 3.33. The SMILES string of the molecule is CCNC(C)c1ncc(C2CC3CC3C2)o1. The van der Waals surface area contributed by atoms with E-state index in [1.807, 2.05) is 6.20 Å². The molecule has 2 fully saturated rings. The van der Waals surface area contributed by atoms with Crippen LogP contribution in [0.3, 0.4) is 0 Å². The summed E-state index contributed by atoms with van der Waals surface area (Å²) in [4.78, 5) is 4.39. The van der Waals surface area contributed by atoms with Crippen molar-refractivity contribution in [2.45, 2.75) is 45.1 Å². The van der Waals surface area contributed by atoms with Crippen molar-refractivity contribution >= 4 is 0 Å². The maximum Gasteiger partial charge on any atom is 0.211 e. The van der Waals surface area contributed by atoms with E-state index in [4.69, 9.17) is 4.42 Å². The van der Waals surface area contributed by atoms with E-state index in [9.17, 15) is 0 Å². The molecule has 1 aromatic rings. The summed E-state index contributed by atoms with van der Waals surface area (Å²) in [6.45, 7) is 5.16. The Labute approximate surface area is 96.6 Å². The van der Waals surface area contributed by atoms with E-state index in [0.29, 0.717) is 5.92 Å². The maximum atomic E-state index is 5.88. The van der Waals surface area contributed by atoms with E-state index >= 15 is 0 Å². The van der Waals surface area contributed by atoms with Crippen LogP contribution in [0.4, 0.5) is 0 Å². The quantitative estimate of drug-likeness (QED) is 0.848. The first-order chi connectivity index (χ1) is 7.78. The predicted octanol–water partition coefficient (Wildman–Crippen LogP) is 2.86. The normalized spacial score (nSPS) is 33.8. The molecule has 0 radical (unpaired) electrons. The lowest BCUT2D eigenvalue weighted by atomic mass is 10.0. The second kappa shape index (κ2) is 3.88. The molecule has 1 heterocycles. The summed E-state index contributed by atoms with van der Waals surface area (Å²) < 4.78 is 5.88. The van der Waals surface area contributed by atoms with E-state index in [0.717, 1.165) is 30.0 Å². The molecule has 16 heavy (non-hydrogen) atoms. The van der Waals surface area contributed by atoms with Gasteiger partial charge in [-0.05, 0) is 44.6 Å². The topological polar surface area (TPSA) is 38.1 Å². The van der Waals surface area contributed by atoms with Gasteiger partial charge in [0.1, 0.15) is 5.76 Å². The van der Waals surface area contributed by atoms with Crippen molar-refractivity contribution in [2.75, 3.05) is 6.54 Å². The lowest BCUT2D eigenvalue weighted by molar-refractivity contribution is 0.374. The van der Waals surface area contributed by atoms with Crippen LogP contribution in [0.25, 0.3) is 0 Å². The first kappa shape index (κ1) is 10.3. The number of fused-ring (bicyclic) bond motifs is 1. The second-order valence-corrected chi connectivity index (χ2v) is 5.30. The fourth-order valence-corrected chi connectivity index (χ4v) is 3.03. The smallest absolute Gasteiger partial charge is 0.211 e. The molecule has 2 saturated carbocycles. The van der Waals surface area contributed by atoms with Gasteiger partial charge in [0.25, 0.3) is 0 Å². The van der Waals surface area contributed by atoms with Crippen molar-refractivity contribution in [3.8, 4) is 0 Å². The van der Waals surface area contributed by atoms with Crippen LogP contribution in [-0.4, -0.2) is 11.5 Å². The summed E-state index contributed by atoms with van der Waals surface area (Å²) in [5.74, 6) is 4.62. The van der Waals surface area contributed by atoms with Gasteiger partial charge in [-0.15, -0.1) is 0 Å². The van der Waals surface area contributed by atoms with Crippen molar-refractivity contribution in [1.82, 2.24) is 10.3 Å². The maximum absolute atomic E-state index is 5.88. The van der Waals surface area contributed by atoms with E-state index in [2.05, 4.69) is 24.1 Å². The molecule has 3 nitrogen and oxygen atoms in total. The number of nitrogens with zero attached hydrogens (tertiary/aromatic N) is 1. The summed E-state index contributed by atoms with van der Waals surface area (Å²) in [6.07, 6.45) is 6.06. The Balaban J connectivity index is 1.67. The molecule has 3 unspecified atom stereocenters. The lowest BCUT2D eigenvalue weighted by Crippen LogP contribution is -2.17. The van der Waals surface area contributed by atoms with Crippen molar-refractivity contribution in [1.29, 1.82) is 0 Å². The third-order valence-electron chi connectivity index (χ3n) is 4.07. The van der Waals surface area contributed by atoms with E-state index in [1.165, 1.54) is 19.3 Å². The molecule has 3 heteroatoms. The summed E-state index contributed by atoms with van der Waals surface area (Å²) in [7, 11) is 0. The molecular weight excluding hydrogens is 200 g/mol. The van der Waals surface area contributed by atoms with Crippen LogP contribution < -0.4 is 5.32 Å². The molecule has 2 aliphatic rings. The zero-order chi connectivity index (χ0) is 11.1. The van der Waals surface area contributed by atoms with Gasteiger partial charge in [0, 0.05) is 5.92 Å². The van der Waals surface area contributed by atoms with Crippen LogP contribution in [0.2, 0.25) is 0 Å². The van der Waals surface area contributed by atoms with Gasteiger partial charge in [-0.3, -0.25) is 0 Å². The Morgan fingerprint density at radius 1 is 1.44 bits per heavy atom. The van der Waals surface area contributed by atoms with Gasteiger partial charge in [0.15, 0.2) is 0 Å². The van der Waals surface area contributed by atoms with Crippen LogP contribution in [0.1, 0.15) is 56.7 Å². The van der Waals surface area contributed by atoms with E-state index < -0.39 is 0 Å². The van der Waals surface area contributed by atoms with Crippen LogP contribution in [0, 0.1) is 11.8 Å². The molecule has 2 aliphatic carbocycles. The molecule has 0 aliphatic heterocycles. The third kappa shape index (κ3) is 1.77. The molecule has 1 N–H and O–H groups in total. The minimum absolute atomic E-state index is 0.231. The lowest BCUT2D eigenvalue weighted by Gasteiger charge is -2.09. The fourth-order valence-electron chi connectivity index (χ4n) is 3.03. The van der Waals surface area contributed by atoms with Gasteiger partial charge in [0.2, 0.25) is 5.89 Å². The van der Waals surface area contributed by atoms with Gasteiger partial charge >= 0.3 is 0 Å². The van der Waals surface area contributed by atoms with E-state index in [1.54, 1.807) is 0 Å². The summed E-state index contributed by atoms with van der Waals surface area (Å²) >= 11 is 0. The van der Waals surface area contributed by atoms with Crippen molar-refractivity contribution in [2.24, 2.45) is 11.8 Å². The highest BCUT2D eigenvalue weighted by atomic mass is 16.4. The second-order valence-electron chi connectivity index (χ2n) is 5.30. The molecule has 0 bridgehead atoms. The number of aromatic nitrogens is 1. The van der Waals surface area contributed by atoms with Crippen molar-refractivity contribution in [3.05, 3.63) is 17.8 Å². The first-order valence-corrected chi connectivity index (χ1v) is 6.47. The number of nitrogens with one attached hydrogen (secondary N) is 1. The molecule has 0 amide bonds. The predicted molar refractivity (Wildman–Crippen MR) is 62.2 cm³/mol. The number of oxazole rings is 1. The molecular formula is C13H20N2O. The van der Waals surface area contributed by atoms with Crippen LogP contribution >= 0.6 is 0 Å². The van der Waals surface area contributed by atoms with Crippen molar-refractivity contribution < 1.29 is 4.42 Å². The van der Waals surface area contributed by atoms with E-state index in [-0.39, 0.29) is 6.04 Å². The van der Waals surface area contributed by atoms with Crippen LogP contribution in [0.15, 0.2) is 10.6 Å². The molecule has 0 aromatic carbocycles. The Bertz CT molecular complexity index is 364. The Morgan fingerprint density at radius 2 is 2.19 bits per heavy atom. The average molecular weight is 220 g/mol. The summed E-state index contributed by atoms with van der Waals surface area (Å²) in [5.41, 5.74) is 0. The van der Waals surface area contributed by atoms with Crippen molar-refractivity contribution in [3.63, 3.8) is 0 Å². The molecule has 3 rings (SSSR count). The van der Waals surface area contributed by atoms with Crippen LogP contribution in [-0.2, 0) is 0 Å².